The summed E-state index contributed by atoms with van der Waals surface area (Å²) in [5.74, 6) is -1.19. The maximum absolute atomic E-state index is 13.6. The molecule has 1 aliphatic rings. The Hall–Kier alpha value is -1.98. The van der Waals surface area contributed by atoms with Crippen molar-refractivity contribution in [1.82, 2.24) is 4.90 Å². The summed E-state index contributed by atoms with van der Waals surface area (Å²) in [4.78, 5) is 23.7. The molecular formula is C12H13FN2O3. The third kappa shape index (κ3) is 2.32. The quantitative estimate of drug-likeness (QED) is 0.610. The van der Waals surface area contributed by atoms with Crippen LogP contribution in [0.2, 0.25) is 0 Å². The van der Waals surface area contributed by atoms with Crippen LogP contribution in [0.4, 0.5) is 10.1 Å². The van der Waals surface area contributed by atoms with Crippen LogP contribution in [-0.2, 0) is 0 Å². The van der Waals surface area contributed by atoms with Gasteiger partial charge in [0.05, 0.1) is 10.5 Å². The molecule has 0 radical (unpaired) electrons. The number of hydrogen-bond acceptors (Lipinski definition) is 3. The zero-order valence-electron chi connectivity index (χ0n) is 9.93. The van der Waals surface area contributed by atoms with E-state index in [2.05, 4.69) is 0 Å². The lowest BCUT2D eigenvalue weighted by molar-refractivity contribution is -0.384. The van der Waals surface area contributed by atoms with E-state index in [0.717, 1.165) is 31.0 Å². The first-order valence-electron chi connectivity index (χ1n) is 5.79. The fraction of sp³-hybridized carbons (Fsp3) is 0.417. The highest BCUT2D eigenvalue weighted by atomic mass is 19.1. The number of amides is 1. The van der Waals surface area contributed by atoms with Gasteiger partial charge in [0.2, 0.25) is 0 Å². The third-order valence-electron chi connectivity index (χ3n) is 2.98. The van der Waals surface area contributed by atoms with E-state index in [-0.39, 0.29) is 17.3 Å². The smallest absolute Gasteiger partial charge is 0.270 e. The van der Waals surface area contributed by atoms with E-state index in [9.17, 15) is 19.3 Å². The molecule has 0 aliphatic heterocycles. The molecule has 0 bridgehead atoms. The molecule has 1 aliphatic carbocycles. The molecule has 2 rings (SSSR count). The van der Waals surface area contributed by atoms with Crippen LogP contribution in [0.15, 0.2) is 18.2 Å². The number of carbonyl (C=O) groups excluding carboxylic acids is 1. The van der Waals surface area contributed by atoms with Crippen molar-refractivity contribution >= 4 is 11.6 Å². The fourth-order valence-electron chi connectivity index (χ4n) is 1.90. The Morgan fingerprint density at radius 1 is 1.56 bits per heavy atom. The Morgan fingerprint density at radius 3 is 2.72 bits per heavy atom. The monoisotopic (exact) mass is 252 g/mol. The van der Waals surface area contributed by atoms with E-state index in [4.69, 9.17) is 0 Å². The van der Waals surface area contributed by atoms with Crippen LogP contribution in [0.3, 0.4) is 0 Å². The molecule has 1 amide bonds. The van der Waals surface area contributed by atoms with E-state index in [1.807, 2.05) is 6.92 Å². The lowest BCUT2D eigenvalue weighted by atomic mass is 10.1. The Bertz CT molecular complexity index is 500. The van der Waals surface area contributed by atoms with Gasteiger partial charge >= 0.3 is 0 Å². The minimum absolute atomic E-state index is 0.154. The molecule has 1 fully saturated rings. The number of non-ortho nitro benzene ring substituents is 1. The first-order chi connectivity index (χ1) is 8.54. The molecule has 0 N–H and O–H groups in total. The summed E-state index contributed by atoms with van der Waals surface area (Å²) in [5.41, 5.74) is -0.496. The van der Waals surface area contributed by atoms with Crippen LogP contribution in [0.5, 0.6) is 0 Å². The normalized spacial score (nSPS) is 14.3. The molecule has 5 nitrogen and oxygen atoms in total. The summed E-state index contributed by atoms with van der Waals surface area (Å²) in [6.07, 6.45) is 1.83. The number of halogens is 1. The van der Waals surface area contributed by atoms with Crippen molar-refractivity contribution in [2.75, 3.05) is 6.54 Å². The molecule has 0 spiro atoms. The van der Waals surface area contributed by atoms with Gasteiger partial charge in [-0.15, -0.1) is 0 Å². The van der Waals surface area contributed by atoms with E-state index in [1.54, 1.807) is 4.90 Å². The Morgan fingerprint density at radius 2 is 2.22 bits per heavy atom. The van der Waals surface area contributed by atoms with Crippen molar-refractivity contribution in [3.8, 4) is 0 Å². The van der Waals surface area contributed by atoms with Crippen LogP contribution in [0.25, 0.3) is 0 Å². The summed E-state index contributed by atoms with van der Waals surface area (Å²) >= 11 is 0. The number of hydrogen-bond donors (Lipinski definition) is 0. The summed E-state index contributed by atoms with van der Waals surface area (Å²) in [7, 11) is 0. The number of nitro groups is 1. The lowest BCUT2D eigenvalue weighted by Crippen LogP contribution is -2.33. The number of benzene rings is 1. The first kappa shape index (κ1) is 12.5. The van der Waals surface area contributed by atoms with Gasteiger partial charge < -0.3 is 4.90 Å². The average molecular weight is 252 g/mol. The predicted molar refractivity (Wildman–Crippen MR) is 62.8 cm³/mol. The van der Waals surface area contributed by atoms with Gasteiger partial charge in [0.15, 0.2) is 0 Å². The topological polar surface area (TPSA) is 63.5 Å². The summed E-state index contributed by atoms with van der Waals surface area (Å²) < 4.78 is 13.6. The lowest BCUT2D eigenvalue weighted by Gasteiger charge is -2.20. The maximum Gasteiger partial charge on any atom is 0.270 e. The van der Waals surface area contributed by atoms with Gasteiger partial charge in [-0.1, -0.05) is 0 Å². The Labute approximate surface area is 103 Å². The van der Waals surface area contributed by atoms with Gasteiger partial charge in [-0.2, -0.15) is 0 Å². The molecule has 1 aromatic rings. The van der Waals surface area contributed by atoms with Gasteiger partial charge in [0, 0.05) is 24.7 Å². The third-order valence-corrected chi connectivity index (χ3v) is 2.98. The standard InChI is InChI=1S/C12H13FN2O3/c1-2-14(8-3-4-8)12(16)10-7-9(15(17)18)5-6-11(10)13/h5-8H,2-4H2,1H3. The fourth-order valence-corrected chi connectivity index (χ4v) is 1.90. The molecule has 0 aromatic heterocycles. The van der Waals surface area contributed by atoms with Gasteiger partial charge in [-0.25, -0.2) is 4.39 Å². The average Bonchev–Trinajstić information content (AvgIpc) is 3.14. The van der Waals surface area contributed by atoms with Crippen LogP contribution >= 0.6 is 0 Å². The second kappa shape index (κ2) is 4.72. The van der Waals surface area contributed by atoms with Gasteiger partial charge in [-0.05, 0) is 25.8 Å². The molecule has 1 aromatic carbocycles. The predicted octanol–water partition coefficient (Wildman–Crippen LogP) is 2.36. The minimum atomic E-state index is -0.718. The van der Waals surface area contributed by atoms with Crippen LogP contribution < -0.4 is 0 Å². The van der Waals surface area contributed by atoms with Crippen molar-refractivity contribution in [3.05, 3.63) is 39.7 Å². The largest absolute Gasteiger partial charge is 0.336 e. The van der Waals surface area contributed by atoms with Crippen LogP contribution in [0, 0.1) is 15.9 Å². The van der Waals surface area contributed by atoms with Gasteiger partial charge in [-0.3, -0.25) is 14.9 Å². The van der Waals surface area contributed by atoms with Crippen molar-refractivity contribution in [2.45, 2.75) is 25.8 Å². The Balaban J connectivity index is 2.33. The summed E-state index contributed by atoms with van der Waals surface area (Å²) in [6, 6.07) is 3.18. The molecule has 0 heterocycles. The van der Waals surface area contributed by atoms with E-state index < -0.39 is 16.6 Å². The van der Waals surface area contributed by atoms with Crippen LogP contribution in [-0.4, -0.2) is 28.3 Å². The van der Waals surface area contributed by atoms with Crippen molar-refractivity contribution in [2.24, 2.45) is 0 Å². The molecule has 0 unspecified atom stereocenters. The number of carbonyl (C=O) groups is 1. The first-order valence-corrected chi connectivity index (χ1v) is 5.79. The number of rotatable bonds is 4. The molecule has 6 heteroatoms. The van der Waals surface area contributed by atoms with Gasteiger partial charge in [0.25, 0.3) is 11.6 Å². The van der Waals surface area contributed by atoms with Crippen molar-refractivity contribution < 1.29 is 14.1 Å². The maximum atomic E-state index is 13.6. The van der Waals surface area contributed by atoms with Crippen LogP contribution in [0.1, 0.15) is 30.1 Å². The summed E-state index contributed by atoms with van der Waals surface area (Å²) in [6.45, 7) is 2.29. The van der Waals surface area contributed by atoms with E-state index >= 15 is 0 Å². The molecule has 18 heavy (non-hydrogen) atoms. The molecule has 1 saturated carbocycles. The second-order valence-corrected chi connectivity index (χ2v) is 4.24. The molecule has 96 valence electrons. The highest BCUT2D eigenvalue weighted by Crippen LogP contribution is 2.29. The summed E-state index contributed by atoms with van der Waals surface area (Å²) in [5, 5.41) is 10.6. The molecule has 0 saturated heterocycles. The second-order valence-electron chi connectivity index (χ2n) is 4.24. The molecule has 0 atom stereocenters. The zero-order valence-corrected chi connectivity index (χ0v) is 9.93. The van der Waals surface area contributed by atoms with E-state index in [0.29, 0.717) is 6.54 Å². The highest BCUT2D eigenvalue weighted by molar-refractivity contribution is 5.95. The van der Waals surface area contributed by atoms with Crippen molar-refractivity contribution in [1.29, 1.82) is 0 Å². The SMILES string of the molecule is CCN(C(=O)c1cc([N+](=O)[O-])ccc1F)C1CC1. The molecular weight excluding hydrogens is 239 g/mol. The Kier molecular flexibility index (Phi) is 3.27. The number of nitrogens with zero attached hydrogens (tertiary/aromatic N) is 2. The van der Waals surface area contributed by atoms with Crippen molar-refractivity contribution in [3.63, 3.8) is 0 Å². The number of nitro benzene ring substituents is 1. The van der Waals surface area contributed by atoms with Gasteiger partial charge in [0.1, 0.15) is 5.82 Å². The van der Waals surface area contributed by atoms with E-state index in [1.165, 1.54) is 0 Å². The minimum Gasteiger partial charge on any atom is -0.336 e. The highest BCUT2D eigenvalue weighted by Gasteiger charge is 2.33. The zero-order chi connectivity index (χ0) is 13.3.